The van der Waals surface area contributed by atoms with Crippen LogP contribution in [0.3, 0.4) is 0 Å². The zero-order valence-electron chi connectivity index (χ0n) is 18.4. The molecule has 0 saturated heterocycles. The molecule has 0 aliphatic heterocycles. The van der Waals surface area contributed by atoms with Crippen LogP contribution in [0.5, 0.6) is 11.5 Å². The van der Waals surface area contributed by atoms with E-state index in [0.717, 1.165) is 30.8 Å². The van der Waals surface area contributed by atoms with Crippen LogP contribution >= 0.6 is 23.8 Å². The van der Waals surface area contributed by atoms with Gasteiger partial charge in [0.15, 0.2) is 10.6 Å². The molecule has 0 fully saturated rings. The minimum absolute atomic E-state index is 0.154. The van der Waals surface area contributed by atoms with E-state index in [2.05, 4.69) is 12.2 Å². The van der Waals surface area contributed by atoms with E-state index in [0.29, 0.717) is 33.5 Å². The average molecular weight is 475 g/mol. The molecule has 0 radical (unpaired) electrons. The highest BCUT2D eigenvalue weighted by molar-refractivity contribution is 7.71. The Balaban J connectivity index is 1.76. The summed E-state index contributed by atoms with van der Waals surface area (Å²) in [5, 5.41) is 8.25. The number of nitrogens with zero attached hydrogens (tertiary/aromatic N) is 3. The van der Waals surface area contributed by atoms with E-state index in [1.165, 1.54) is 0 Å². The van der Waals surface area contributed by atoms with Gasteiger partial charge in [-0.05, 0) is 42.9 Å². The molecule has 3 rings (SSSR count). The first kappa shape index (κ1) is 23.8. The molecule has 0 unspecified atom stereocenters. The predicted molar refractivity (Wildman–Crippen MR) is 129 cm³/mol. The summed E-state index contributed by atoms with van der Waals surface area (Å²) in [6.45, 7) is 3.27. The topological polar surface area (TPSA) is 70.3 Å². The lowest BCUT2D eigenvalue weighted by Crippen LogP contribution is -2.15. The van der Waals surface area contributed by atoms with Crippen LogP contribution in [0.1, 0.15) is 26.2 Å². The van der Waals surface area contributed by atoms with Crippen LogP contribution in [-0.2, 0) is 17.9 Å². The summed E-state index contributed by atoms with van der Waals surface area (Å²) < 4.78 is 14.8. The number of hydrogen-bond donors (Lipinski definition) is 1. The molecule has 0 saturated carbocycles. The lowest BCUT2D eigenvalue weighted by atomic mass is 10.2. The molecule has 0 spiro atoms. The minimum atomic E-state index is -0.154. The molecule has 0 bridgehead atoms. The number of hydrogen-bond acceptors (Lipinski definition) is 5. The zero-order chi connectivity index (χ0) is 23.1. The van der Waals surface area contributed by atoms with E-state index in [4.69, 9.17) is 38.4 Å². The van der Waals surface area contributed by atoms with Crippen molar-refractivity contribution in [1.82, 2.24) is 14.3 Å². The third kappa shape index (κ3) is 5.89. The number of unbranched alkanes of at least 4 members (excludes halogenated alkanes) is 1. The Bertz CT molecular complexity index is 1100. The van der Waals surface area contributed by atoms with E-state index < -0.39 is 0 Å². The van der Waals surface area contributed by atoms with Crippen LogP contribution in [0.25, 0.3) is 11.4 Å². The normalized spacial score (nSPS) is 10.8. The molecule has 0 atom stereocenters. The highest BCUT2D eigenvalue weighted by Crippen LogP contribution is 2.26. The van der Waals surface area contributed by atoms with Gasteiger partial charge in [0.05, 0.1) is 20.8 Å². The Labute approximate surface area is 197 Å². The third-order valence-corrected chi connectivity index (χ3v) is 5.63. The first-order valence-corrected chi connectivity index (χ1v) is 11.2. The average Bonchev–Trinajstić information content (AvgIpc) is 3.11. The SMILES string of the molecule is CCCCn1c(-c2ccc(Cl)cc2)nn(CCC(=O)Nc2cc(OC)cc(OC)c2)c1=S. The fourth-order valence-corrected chi connectivity index (χ4v) is 3.66. The van der Waals surface area contributed by atoms with Crippen molar-refractivity contribution in [3.8, 4) is 22.9 Å². The highest BCUT2D eigenvalue weighted by atomic mass is 35.5. The predicted octanol–water partition coefficient (Wildman–Crippen LogP) is 5.58. The second kappa shape index (κ2) is 11.2. The van der Waals surface area contributed by atoms with Gasteiger partial charge in [0.1, 0.15) is 11.5 Å². The van der Waals surface area contributed by atoms with Crippen LogP contribution in [0.4, 0.5) is 5.69 Å². The van der Waals surface area contributed by atoms with E-state index in [9.17, 15) is 4.79 Å². The number of aromatic nitrogens is 3. The number of rotatable bonds is 10. The number of aryl methyl sites for hydroxylation is 1. The van der Waals surface area contributed by atoms with Crippen molar-refractivity contribution in [1.29, 1.82) is 0 Å². The number of nitrogens with one attached hydrogen (secondary N) is 1. The van der Waals surface area contributed by atoms with Gasteiger partial charge in [-0.3, -0.25) is 9.36 Å². The lowest BCUT2D eigenvalue weighted by Gasteiger charge is -2.10. The molecule has 1 amide bonds. The van der Waals surface area contributed by atoms with Gasteiger partial charge < -0.3 is 14.8 Å². The molecule has 1 heterocycles. The number of ether oxygens (including phenoxy) is 2. The van der Waals surface area contributed by atoms with Crippen molar-refractivity contribution in [2.24, 2.45) is 0 Å². The largest absolute Gasteiger partial charge is 0.497 e. The van der Waals surface area contributed by atoms with E-state index in [1.54, 1.807) is 37.1 Å². The van der Waals surface area contributed by atoms with Crippen molar-refractivity contribution in [3.05, 3.63) is 52.3 Å². The molecule has 7 nitrogen and oxygen atoms in total. The number of carbonyl (C=O) groups excluding carboxylic acids is 1. The quantitative estimate of drug-likeness (QED) is 0.388. The standard InChI is InChI=1S/C23H27ClN4O3S/c1-4-5-11-27-22(16-6-8-17(24)9-7-16)26-28(23(27)32)12-10-21(29)25-18-13-19(30-2)15-20(14-18)31-3/h6-9,13-15H,4-5,10-12H2,1-3H3,(H,25,29). The molecule has 1 N–H and O–H groups in total. The van der Waals surface area contributed by atoms with Crippen molar-refractivity contribution in [3.63, 3.8) is 0 Å². The Morgan fingerprint density at radius 2 is 1.75 bits per heavy atom. The van der Waals surface area contributed by atoms with E-state index >= 15 is 0 Å². The fraction of sp³-hybridized carbons (Fsp3) is 0.348. The zero-order valence-corrected chi connectivity index (χ0v) is 20.0. The first-order chi connectivity index (χ1) is 15.4. The molecule has 1 aromatic heterocycles. The van der Waals surface area contributed by atoms with Crippen LogP contribution < -0.4 is 14.8 Å². The second-order valence-electron chi connectivity index (χ2n) is 7.24. The van der Waals surface area contributed by atoms with Crippen molar-refractivity contribution < 1.29 is 14.3 Å². The fourth-order valence-electron chi connectivity index (χ4n) is 3.23. The molecule has 3 aromatic rings. The molecule has 0 aliphatic rings. The van der Waals surface area contributed by atoms with Gasteiger partial charge in [0.25, 0.3) is 0 Å². The number of carbonyl (C=O) groups is 1. The molecule has 9 heteroatoms. The smallest absolute Gasteiger partial charge is 0.226 e. The minimum Gasteiger partial charge on any atom is -0.497 e. The number of amides is 1. The lowest BCUT2D eigenvalue weighted by molar-refractivity contribution is -0.116. The van der Waals surface area contributed by atoms with Crippen molar-refractivity contribution in [2.45, 2.75) is 39.3 Å². The summed E-state index contributed by atoms with van der Waals surface area (Å²) >= 11 is 11.7. The van der Waals surface area contributed by atoms with Gasteiger partial charge in [-0.25, -0.2) is 4.68 Å². The maximum absolute atomic E-state index is 12.6. The Kier molecular flexibility index (Phi) is 8.30. The summed E-state index contributed by atoms with van der Waals surface area (Å²) in [4.78, 5) is 12.6. The third-order valence-electron chi connectivity index (χ3n) is 4.95. The Morgan fingerprint density at radius 3 is 2.34 bits per heavy atom. The number of halogens is 1. The van der Waals surface area contributed by atoms with Gasteiger partial charge in [0.2, 0.25) is 5.91 Å². The Morgan fingerprint density at radius 1 is 1.09 bits per heavy atom. The maximum Gasteiger partial charge on any atom is 0.226 e. The first-order valence-electron chi connectivity index (χ1n) is 10.4. The number of anilines is 1. The van der Waals surface area contributed by atoms with Gasteiger partial charge in [-0.2, -0.15) is 5.10 Å². The summed E-state index contributed by atoms with van der Waals surface area (Å²) in [7, 11) is 3.13. The molecule has 2 aromatic carbocycles. The van der Waals surface area contributed by atoms with Crippen LogP contribution in [-0.4, -0.2) is 34.5 Å². The van der Waals surface area contributed by atoms with Gasteiger partial charge in [-0.15, -0.1) is 0 Å². The molecular formula is C23H27ClN4O3S. The van der Waals surface area contributed by atoms with Gasteiger partial charge in [-0.1, -0.05) is 24.9 Å². The second-order valence-corrected chi connectivity index (χ2v) is 8.04. The summed E-state index contributed by atoms with van der Waals surface area (Å²) in [5.41, 5.74) is 1.54. The monoisotopic (exact) mass is 474 g/mol. The van der Waals surface area contributed by atoms with E-state index in [-0.39, 0.29) is 12.3 Å². The van der Waals surface area contributed by atoms with E-state index in [1.807, 2.05) is 28.8 Å². The molecular weight excluding hydrogens is 448 g/mol. The summed E-state index contributed by atoms with van der Waals surface area (Å²) in [6.07, 6.45) is 2.25. The molecule has 32 heavy (non-hydrogen) atoms. The van der Waals surface area contributed by atoms with Gasteiger partial charge in [0, 0.05) is 47.4 Å². The van der Waals surface area contributed by atoms with Crippen LogP contribution in [0.2, 0.25) is 5.02 Å². The molecule has 170 valence electrons. The highest BCUT2D eigenvalue weighted by Gasteiger charge is 2.14. The van der Waals surface area contributed by atoms with Crippen molar-refractivity contribution >= 4 is 35.4 Å². The summed E-state index contributed by atoms with van der Waals surface area (Å²) in [6, 6.07) is 12.7. The molecule has 0 aliphatic carbocycles. The van der Waals surface area contributed by atoms with Gasteiger partial charge >= 0.3 is 0 Å². The van der Waals surface area contributed by atoms with Crippen molar-refractivity contribution in [2.75, 3.05) is 19.5 Å². The van der Waals surface area contributed by atoms with Crippen LogP contribution in [0, 0.1) is 4.77 Å². The number of benzene rings is 2. The van der Waals surface area contributed by atoms with Crippen LogP contribution in [0.15, 0.2) is 42.5 Å². The maximum atomic E-state index is 12.6. The Hall–Kier alpha value is -2.84. The number of methoxy groups -OCH3 is 2. The summed E-state index contributed by atoms with van der Waals surface area (Å²) in [5.74, 6) is 1.82.